The number of rotatable bonds is 5. The standard InChI is InChI=1S/C14H15ClN2O2S/c1-9-12(20-14(16-9)8-19-2)7-13(18)17-11-5-3-4-10(15)6-11/h3-6H,7-8H2,1-2H3,(H,17,18). The Bertz CT molecular complexity index is 613. The predicted octanol–water partition coefficient (Wildman–Crippen LogP) is 3.43. The highest BCUT2D eigenvalue weighted by molar-refractivity contribution is 7.11. The lowest BCUT2D eigenvalue weighted by Crippen LogP contribution is -2.14. The van der Waals surface area contributed by atoms with Crippen molar-refractivity contribution < 1.29 is 9.53 Å². The maximum absolute atomic E-state index is 12.0. The van der Waals surface area contributed by atoms with Gasteiger partial charge in [-0.15, -0.1) is 11.3 Å². The summed E-state index contributed by atoms with van der Waals surface area (Å²) >= 11 is 7.38. The Morgan fingerprint density at radius 2 is 2.30 bits per heavy atom. The van der Waals surface area contributed by atoms with E-state index in [0.717, 1.165) is 15.6 Å². The average Bonchev–Trinajstić information content (AvgIpc) is 2.70. The number of aromatic nitrogens is 1. The molecule has 0 bridgehead atoms. The highest BCUT2D eigenvalue weighted by Crippen LogP contribution is 2.20. The molecule has 1 aromatic heterocycles. The number of halogens is 1. The molecule has 0 aliphatic rings. The highest BCUT2D eigenvalue weighted by atomic mass is 35.5. The minimum absolute atomic E-state index is 0.0806. The molecule has 1 amide bonds. The van der Waals surface area contributed by atoms with Crippen LogP contribution in [0.25, 0.3) is 0 Å². The summed E-state index contributed by atoms with van der Waals surface area (Å²) in [7, 11) is 1.63. The summed E-state index contributed by atoms with van der Waals surface area (Å²) in [6, 6.07) is 7.09. The van der Waals surface area contributed by atoms with E-state index in [4.69, 9.17) is 16.3 Å². The quantitative estimate of drug-likeness (QED) is 0.920. The van der Waals surface area contributed by atoms with Gasteiger partial charge in [-0.25, -0.2) is 4.98 Å². The van der Waals surface area contributed by atoms with Crippen LogP contribution in [-0.2, 0) is 22.6 Å². The van der Waals surface area contributed by atoms with Gasteiger partial charge in [0.2, 0.25) is 5.91 Å². The molecule has 0 fully saturated rings. The van der Waals surface area contributed by atoms with Crippen molar-refractivity contribution in [1.82, 2.24) is 4.98 Å². The van der Waals surface area contributed by atoms with E-state index in [9.17, 15) is 4.79 Å². The molecule has 0 saturated heterocycles. The van der Waals surface area contributed by atoms with Crippen LogP contribution in [0.4, 0.5) is 5.69 Å². The van der Waals surface area contributed by atoms with Gasteiger partial charge in [-0.3, -0.25) is 4.79 Å². The zero-order valence-electron chi connectivity index (χ0n) is 11.3. The zero-order chi connectivity index (χ0) is 14.5. The van der Waals surface area contributed by atoms with Crippen molar-refractivity contribution in [3.63, 3.8) is 0 Å². The first kappa shape index (κ1) is 15.0. The van der Waals surface area contributed by atoms with Crippen LogP contribution in [0.2, 0.25) is 5.02 Å². The van der Waals surface area contributed by atoms with Crippen molar-refractivity contribution in [3.05, 3.63) is 44.9 Å². The average molecular weight is 311 g/mol. The number of amides is 1. The molecule has 6 heteroatoms. The summed E-state index contributed by atoms with van der Waals surface area (Å²) in [6.07, 6.45) is 0.305. The fraction of sp³-hybridized carbons (Fsp3) is 0.286. The summed E-state index contributed by atoms with van der Waals surface area (Å²) < 4.78 is 5.04. The molecule has 1 N–H and O–H groups in total. The molecule has 1 aromatic carbocycles. The zero-order valence-corrected chi connectivity index (χ0v) is 12.8. The normalized spacial score (nSPS) is 10.6. The largest absolute Gasteiger partial charge is 0.378 e. The first-order valence-electron chi connectivity index (χ1n) is 6.08. The SMILES string of the molecule is COCc1nc(C)c(CC(=O)Nc2cccc(Cl)c2)s1. The number of nitrogens with zero attached hydrogens (tertiary/aromatic N) is 1. The van der Waals surface area contributed by atoms with Crippen LogP contribution in [0.3, 0.4) is 0 Å². The van der Waals surface area contributed by atoms with Gasteiger partial charge >= 0.3 is 0 Å². The van der Waals surface area contributed by atoms with Gasteiger partial charge in [-0.1, -0.05) is 17.7 Å². The predicted molar refractivity (Wildman–Crippen MR) is 81.3 cm³/mol. The summed E-state index contributed by atoms with van der Waals surface area (Å²) in [5.74, 6) is -0.0806. The molecule has 0 spiro atoms. The Morgan fingerprint density at radius 3 is 3.00 bits per heavy atom. The summed E-state index contributed by atoms with van der Waals surface area (Å²) in [6.45, 7) is 2.37. The van der Waals surface area contributed by atoms with Crippen LogP contribution in [0.1, 0.15) is 15.6 Å². The number of carbonyl (C=O) groups excluding carboxylic acids is 1. The molecule has 106 valence electrons. The van der Waals surface area contributed by atoms with E-state index in [0.29, 0.717) is 23.7 Å². The number of ether oxygens (including phenoxy) is 1. The fourth-order valence-electron chi connectivity index (χ4n) is 1.75. The molecule has 4 nitrogen and oxygen atoms in total. The molecule has 0 saturated carbocycles. The Labute approximate surface area is 126 Å². The van der Waals surface area contributed by atoms with Crippen LogP contribution in [-0.4, -0.2) is 18.0 Å². The molecule has 0 atom stereocenters. The number of hydrogen-bond donors (Lipinski definition) is 1. The molecule has 1 heterocycles. The Morgan fingerprint density at radius 1 is 1.50 bits per heavy atom. The molecular weight excluding hydrogens is 296 g/mol. The number of aryl methyl sites for hydroxylation is 1. The van der Waals surface area contributed by atoms with Crippen molar-refractivity contribution in [1.29, 1.82) is 0 Å². The van der Waals surface area contributed by atoms with Gasteiger partial charge < -0.3 is 10.1 Å². The fourth-order valence-corrected chi connectivity index (χ4v) is 2.99. The molecule has 0 aliphatic heterocycles. The third-order valence-corrected chi connectivity index (χ3v) is 4.00. The van der Waals surface area contributed by atoms with Crippen molar-refractivity contribution in [2.75, 3.05) is 12.4 Å². The van der Waals surface area contributed by atoms with Crippen molar-refractivity contribution in [2.24, 2.45) is 0 Å². The third kappa shape index (κ3) is 4.03. The lowest BCUT2D eigenvalue weighted by Gasteiger charge is -2.04. The second-order valence-corrected chi connectivity index (χ2v) is 5.89. The van der Waals surface area contributed by atoms with E-state index in [-0.39, 0.29) is 5.91 Å². The van der Waals surface area contributed by atoms with Crippen molar-refractivity contribution in [3.8, 4) is 0 Å². The van der Waals surface area contributed by atoms with E-state index in [1.165, 1.54) is 11.3 Å². The maximum Gasteiger partial charge on any atom is 0.229 e. The van der Waals surface area contributed by atoms with E-state index in [2.05, 4.69) is 10.3 Å². The number of methoxy groups -OCH3 is 1. The Balaban J connectivity index is 2.01. The van der Waals surface area contributed by atoms with Crippen LogP contribution < -0.4 is 5.32 Å². The van der Waals surface area contributed by atoms with E-state index in [1.807, 2.05) is 6.92 Å². The maximum atomic E-state index is 12.0. The summed E-state index contributed by atoms with van der Waals surface area (Å²) in [4.78, 5) is 17.3. The molecule has 2 aromatic rings. The second-order valence-electron chi connectivity index (χ2n) is 4.28. The van der Waals surface area contributed by atoms with Gasteiger partial charge in [0.1, 0.15) is 5.01 Å². The molecular formula is C14H15ClN2O2S. The van der Waals surface area contributed by atoms with Crippen molar-refractivity contribution in [2.45, 2.75) is 20.0 Å². The molecule has 20 heavy (non-hydrogen) atoms. The van der Waals surface area contributed by atoms with Gasteiger partial charge in [0.25, 0.3) is 0 Å². The van der Waals surface area contributed by atoms with Crippen molar-refractivity contribution >= 4 is 34.5 Å². The van der Waals surface area contributed by atoms with Gasteiger partial charge in [0.05, 0.1) is 18.7 Å². The van der Waals surface area contributed by atoms with Gasteiger partial charge in [0.15, 0.2) is 0 Å². The second kappa shape index (κ2) is 6.83. The number of benzene rings is 1. The number of hydrogen-bond acceptors (Lipinski definition) is 4. The lowest BCUT2D eigenvalue weighted by molar-refractivity contribution is -0.115. The van der Waals surface area contributed by atoms with Crippen LogP contribution in [0, 0.1) is 6.92 Å². The summed E-state index contributed by atoms with van der Waals surface area (Å²) in [5.41, 5.74) is 1.57. The van der Waals surface area contributed by atoms with Gasteiger partial charge in [-0.2, -0.15) is 0 Å². The van der Waals surface area contributed by atoms with E-state index in [1.54, 1.807) is 31.4 Å². The Kier molecular flexibility index (Phi) is 5.11. The van der Waals surface area contributed by atoms with Crippen LogP contribution in [0.5, 0.6) is 0 Å². The number of thiazole rings is 1. The molecule has 0 unspecified atom stereocenters. The lowest BCUT2D eigenvalue weighted by atomic mass is 10.2. The smallest absolute Gasteiger partial charge is 0.229 e. The molecule has 0 radical (unpaired) electrons. The van der Waals surface area contributed by atoms with Crippen LogP contribution >= 0.6 is 22.9 Å². The third-order valence-electron chi connectivity index (χ3n) is 2.63. The number of nitrogens with one attached hydrogen (secondary N) is 1. The first-order valence-corrected chi connectivity index (χ1v) is 7.27. The highest BCUT2D eigenvalue weighted by Gasteiger charge is 2.12. The topological polar surface area (TPSA) is 51.2 Å². The Hall–Kier alpha value is -1.43. The monoisotopic (exact) mass is 310 g/mol. The number of anilines is 1. The summed E-state index contributed by atoms with van der Waals surface area (Å²) in [5, 5.41) is 4.31. The van der Waals surface area contributed by atoms with Gasteiger partial charge in [0, 0.05) is 22.7 Å². The first-order chi connectivity index (χ1) is 9.58. The minimum atomic E-state index is -0.0806. The molecule has 2 rings (SSSR count). The van der Waals surface area contributed by atoms with Crippen LogP contribution in [0.15, 0.2) is 24.3 Å². The minimum Gasteiger partial charge on any atom is -0.378 e. The molecule has 0 aliphatic carbocycles. The van der Waals surface area contributed by atoms with Gasteiger partial charge in [-0.05, 0) is 25.1 Å². The number of carbonyl (C=O) groups is 1. The van der Waals surface area contributed by atoms with E-state index < -0.39 is 0 Å². The van der Waals surface area contributed by atoms with E-state index >= 15 is 0 Å².